The highest BCUT2D eigenvalue weighted by Gasteiger charge is 2.25. The number of hydrogen-bond donors (Lipinski definition) is 2. The number of rotatable bonds is 8. The van der Waals surface area contributed by atoms with Crippen LogP contribution in [0.15, 0.2) is 35.7 Å². The summed E-state index contributed by atoms with van der Waals surface area (Å²) in [5.41, 5.74) is 0.662. The van der Waals surface area contributed by atoms with E-state index in [1.807, 2.05) is 17.5 Å². The van der Waals surface area contributed by atoms with Crippen LogP contribution in [0.4, 0.5) is 5.69 Å². The maximum absolute atomic E-state index is 12.4. The van der Waals surface area contributed by atoms with Gasteiger partial charge in [0.2, 0.25) is 11.8 Å². The fourth-order valence-electron chi connectivity index (χ4n) is 3.40. The zero-order valence-corrected chi connectivity index (χ0v) is 17.6. The topological polar surface area (TPSA) is 79.9 Å². The first-order chi connectivity index (χ1) is 14.1. The summed E-state index contributed by atoms with van der Waals surface area (Å²) in [5, 5.41) is 7.91. The Labute approximate surface area is 175 Å². The molecule has 0 bridgehead atoms. The van der Waals surface area contributed by atoms with E-state index in [-0.39, 0.29) is 17.7 Å². The van der Waals surface area contributed by atoms with Crippen LogP contribution >= 0.6 is 11.3 Å². The number of nitrogens with zero attached hydrogens (tertiary/aromatic N) is 1. The molecule has 8 heteroatoms. The molecule has 0 spiro atoms. The van der Waals surface area contributed by atoms with Gasteiger partial charge in [0.1, 0.15) is 0 Å². The van der Waals surface area contributed by atoms with Gasteiger partial charge in [0.15, 0.2) is 11.5 Å². The Kier molecular flexibility index (Phi) is 7.48. The van der Waals surface area contributed by atoms with E-state index in [1.54, 1.807) is 43.8 Å². The lowest BCUT2D eigenvalue weighted by Crippen LogP contribution is -2.43. The Bertz CT molecular complexity index is 817. The zero-order chi connectivity index (χ0) is 20.6. The Hall–Kier alpha value is -2.58. The molecule has 29 heavy (non-hydrogen) atoms. The molecule has 1 aliphatic heterocycles. The van der Waals surface area contributed by atoms with Crippen molar-refractivity contribution in [3.8, 4) is 11.5 Å². The normalized spacial score (nSPS) is 15.0. The SMILES string of the molecule is COc1ccc(NC(=O)CN2CCC(C(=O)NCc3cccs3)CC2)cc1OC. The molecule has 7 nitrogen and oxygen atoms in total. The number of carbonyl (C=O) groups is 2. The molecular formula is C21H27N3O4S. The summed E-state index contributed by atoms with van der Waals surface area (Å²) >= 11 is 1.64. The average Bonchev–Trinajstić information content (AvgIpc) is 3.26. The van der Waals surface area contributed by atoms with Crippen molar-refractivity contribution in [2.75, 3.05) is 39.2 Å². The maximum atomic E-state index is 12.4. The van der Waals surface area contributed by atoms with Crippen molar-refractivity contribution in [2.24, 2.45) is 5.92 Å². The van der Waals surface area contributed by atoms with Gasteiger partial charge in [0, 0.05) is 22.5 Å². The lowest BCUT2D eigenvalue weighted by atomic mass is 9.96. The first kappa shape index (κ1) is 21.1. The van der Waals surface area contributed by atoms with E-state index in [0.717, 1.165) is 30.8 Å². The summed E-state index contributed by atoms with van der Waals surface area (Å²) in [6.07, 6.45) is 1.53. The molecule has 0 unspecified atom stereocenters. The summed E-state index contributed by atoms with van der Waals surface area (Å²) < 4.78 is 10.5. The molecule has 1 aliphatic rings. The molecule has 2 aromatic rings. The number of piperidine rings is 1. The van der Waals surface area contributed by atoms with Crippen LogP contribution in [-0.4, -0.2) is 50.6 Å². The molecule has 1 saturated heterocycles. The third-order valence-corrected chi connectivity index (χ3v) is 5.89. The molecule has 3 rings (SSSR count). The predicted octanol–water partition coefficient (Wildman–Crippen LogP) is 2.73. The molecule has 156 valence electrons. The van der Waals surface area contributed by atoms with E-state index < -0.39 is 0 Å². The fraction of sp³-hybridized carbons (Fsp3) is 0.429. The van der Waals surface area contributed by atoms with Gasteiger partial charge >= 0.3 is 0 Å². The van der Waals surface area contributed by atoms with Gasteiger partial charge in [-0.1, -0.05) is 6.07 Å². The largest absolute Gasteiger partial charge is 0.493 e. The van der Waals surface area contributed by atoms with Gasteiger partial charge in [-0.25, -0.2) is 0 Å². The fourth-order valence-corrected chi connectivity index (χ4v) is 4.05. The summed E-state index contributed by atoms with van der Waals surface area (Å²) in [4.78, 5) is 28.0. The number of ether oxygens (including phenoxy) is 2. The maximum Gasteiger partial charge on any atom is 0.238 e. The Balaban J connectivity index is 1.42. The van der Waals surface area contributed by atoms with Crippen LogP contribution in [0.5, 0.6) is 11.5 Å². The third kappa shape index (κ3) is 5.95. The first-order valence-corrected chi connectivity index (χ1v) is 10.5. The molecule has 1 aromatic heterocycles. The van der Waals surface area contributed by atoms with Crippen LogP contribution < -0.4 is 20.1 Å². The number of hydrogen-bond acceptors (Lipinski definition) is 6. The van der Waals surface area contributed by atoms with Gasteiger partial charge in [-0.2, -0.15) is 0 Å². The minimum absolute atomic E-state index is 0.0140. The number of carbonyl (C=O) groups excluding carboxylic acids is 2. The van der Waals surface area contributed by atoms with Crippen LogP contribution in [0.2, 0.25) is 0 Å². The quantitative estimate of drug-likeness (QED) is 0.690. The monoisotopic (exact) mass is 417 g/mol. The highest BCUT2D eigenvalue weighted by Crippen LogP contribution is 2.29. The van der Waals surface area contributed by atoms with Gasteiger partial charge in [-0.15, -0.1) is 11.3 Å². The van der Waals surface area contributed by atoms with Gasteiger partial charge in [-0.3, -0.25) is 14.5 Å². The number of likely N-dealkylation sites (tertiary alicyclic amines) is 1. The van der Waals surface area contributed by atoms with Crippen molar-refractivity contribution in [1.29, 1.82) is 0 Å². The van der Waals surface area contributed by atoms with E-state index >= 15 is 0 Å². The van der Waals surface area contributed by atoms with Crippen LogP contribution in [0.1, 0.15) is 17.7 Å². The summed E-state index contributed by atoms with van der Waals surface area (Å²) in [6, 6.07) is 9.28. The summed E-state index contributed by atoms with van der Waals surface area (Å²) in [7, 11) is 3.13. The highest BCUT2D eigenvalue weighted by molar-refractivity contribution is 7.09. The molecule has 0 saturated carbocycles. The number of anilines is 1. The van der Waals surface area contributed by atoms with Crippen molar-refractivity contribution < 1.29 is 19.1 Å². The van der Waals surface area contributed by atoms with Crippen molar-refractivity contribution >= 4 is 28.8 Å². The van der Waals surface area contributed by atoms with Gasteiger partial charge in [0.05, 0.1) is 27.3 Å². The van der Waals surface area contributed by atoms with Crippen molar-refractivity contribution in [3.63, 3.8) is 0 Å². The first-order valence-electron chi connectivity index (χ1n) is 9.63. The van der Waals surface area contributed by atoms with E-state index in [0.29, 0.717) is 30.3 Å². The number of thiophene rings is 1. The molecular weight excluding hydrogens is 390 g/mol. The van der Waals surface area contributed by atoms with E-state index in [1.165, 1.54) is 0 Å². The second kappa shape index (κ2) is 10.3. The van der Waals surface area contributed by atoms with Gasteiger partial charge < -0.3 is 20.1 Å². The second-order valence-corrected chi connectivity index (χ2v) is 8.00. The van der Waals surface area contributed by atoms with Crippen LogP contribution in [-0.2, 0) is 16.1 Å². The molecule has 2 amide bonds. The smallest absolute Gasteiger partial charge is 0.238 e. The van der Waals surface area contributed by atoms with Crippen LogP contribution in [0.25, 0.3) is 0 Å². The summed E-state index contributed by atoms with van der Waals surface area (Å²) in [6.45, 7) is 2.36. The van der Waals surface area contributed by atoms with Crippen LogP contribution in [0, 0.1) is 5.92 Å². The molecule has 0 radical (unpaired) electrons. The van der Waals surface area contributed by atoms with Gasteiger partial charge in [-0.05, 0) is 49.5 Å². The van der Waals surface area contributed by atoms with E-state index in [2.05, 4.69) is 15.5 Å². The minimum Gasteiger partial charge on any atom is -0.493 e. The standard InChI is InChI=1S/C21H27N3O4S/c1-27-18-6-5-16(12-19(18)28-2)23-20(25)14-24-9-7-15(8-10-24)21(26)22-13-17-4-3-11-29-17/h3-6,11-12,15H,7-10,13-14H2,1-2H3,(H,22,26)(H,23,25). The molecule has 2 N–H and O–H groups in total. The van der Waals surface area contributed by atoms with Crippen molar-refractivity contribution in [2.45, 2.75) is 19.4 Å². The van der Waals surface area contributed by atoms with Crippen LogP contribution in [0.3, 0.4) is 0 Å². The van der Waals surface area contributed by atoms with Crippen molar-refractivity contribution in [1.82, 2.24) is 10.2 Å². The van der Waals surface area contributed by atoms with E-state index in [9.17, 15) is 9.59 Å². The number of amides is 2. The summed E-state index contributed by atoms with van der Waals surface area (Å²) in [5.74, 6) is 1.22. The minimum atomic E-state index is -0.0854. The average molecular weight is 418 g/mol. The number of nitrogens with one attached hydrogen (secondary N) is 2. The number of benzene rings is 1. The third-order valence-electron chi connectivity index (χ3n) is 5.01. The lowest BCUT2D eigenvalue weighted by Gasteiger charge is -2.30. The Morgan fingerprint density at radius 3 is 2.55 bits per heavy atom. The van der Waals surface area contributed by atoms with Crippen molar-refractivity contribution in [3.05, 3.63) is 40.6 Å². The molecule has 1 aromatic carbocycles. The second-order valence-electron chi connectivity index (χ2n) is 6.97. The molecule has 2 heterocycles. The zero-order valence-electron chi connectivity index (χ0n) is 16.8. The molecule has 0 atom stereocenters. The van der Waals surface area contributed by atoms with Gasteiger partial charge in [0.25, 0.3) is 0 Å². The Morgan fingerprint density at radius 2 is 1.90 bits per heavy atom. The predicted molar refractivity (Wildman–Crippen MR) is 114 cm³/mol. The van der Waals surface area contributed by atoms with E-state index in [4.69, 9.17) is 9.47 Å². The molecule has 0 aliphatic carbocycles. The lowest BCUT2D eigenvalue weighted by molar-refractivity contribution is -0.126. The highest BCUT2D eigenvalue weighted by atomic mass is 32.1. The number of methoxy groups -OCH3 is 2. The Morgan fingerprint density at radius 1 is 1.14 bits per heavy atom. The molecule has 1 fully saturated rings.